The normalized spacial score (nSPS) is 33.7. The smallest absolute Gasteiger partial charge is 0.248 e. The van der Waals surface area contributed by atoms with E-state index < -0.39 is 29.1 Å². The fourth-order valence-corrected chi connectivity index (χ4v) is 6.44. The number of aliphatic hydroxyl groups excluding tert-OH is 1. The quantitative estimate of drug-likeness (QED) is 0.344. The molecule has 8 heteroatoms. The number of amides is 3. The molecule has 0 aliphatic carbocycles. The van der Waals surface area contributed by atoms with Crippen molar-refractivity contribution >= 4 is 17.7 Å². The molecular formula is C26H41N3O5. The predicted molar refractivity (Wildman–Crippen MR) is 130 cm³/mol. The number of unbranched alkanes of at least 4 members (excludes halogenated alkanes) is 2. The minimum atomic E-state index is -1.09. The number of aliphatic hydroxyl groups is 1. The molecule has 3 heterocycles. The first-order valence-electron chi connectivity index (χ1n) is 12.5. The van der Waals surface area contributed by atoms with Gasteiger partial charge in [0.1, 0.15) is 11.6 Å². The van der Waals surface area contributed by atoms with Crippen molar-refractivity contribution in [2.45, 2.75) is 63.7 Å². The Morgan fingerprint density at radius 3 is 2.50 bits per heavy atom. The van der Waals surface area contributed by atoms with Crippen molar-refractivity contribution in [3.63, 3.8) is 0 Å². The van der Waals surface area contributed by atoms with Crippen molar-refractivity contribution in [2.24, 2.45) is 17.8 Å². The van der Waals surface area contributed by atoms with Crippen LogP contribution < -0.4 is 0 Å². The number of rotatable bonds is 12. The third-order valence-corrected chi connectivity index (χ3v) is 8.13. The number of likely N-dealkylation sites (tertiary alicyclic amines) is 1. The van der Waals surface area contributed by atoms with Crippen LogP contribution in [0.4, 0.5) is 0 Å². The van der Waals surface area contributed by atoms with Gasteiger partial charge in [-0.2, -0.15) is 0 Å². The summed E-state index contributed by atoms with van der Waals surface area (Å²) in [5, 5.41) is 9.76. The van der Waals surface area contributed by atoms with Gasteiger partial charge in [-0.15, -0.1) is 13.2 Å². The number of hydrogen-bond donors (Lipinski definition) is 1. The number of likely N-dealkylation sites (N-methyl/N-ethyl adjacent to an activating group) is 1. The first-order valence-corrected chi connectivity index (χ1v) is 12.5. The van der Waals surface area contributed by atoms with Gasteiger partial charge in [0, 0.05) is 33.2 Å². The Bertz CT molecular complexity index is 831. The van der Waals surface area contributed by atoms with Crippen LogP contribution in [0.25, 0.3) is 0 Å². The van der Waals surface area contributed by atoms with Crippen LogP contribution in [0.15, 0.2) is 25.3 Å². The van der Waals surface area contributed by atoms with Crippen molar-refractivity contribution in [3.8, 4) is 0 Å². The van der Waals surface area contributed by atoms with E-state index >= 15 is 0 Å². The number of nitrogens with zero attached hydrogens (tertiary/aromatic N) is 3. The van der Waals surface area contributed by atoms with Gasteiger partial charge >= 0.3 is 0 Å². The molecule has 2 bridgehead atoms. The summed E-state index contributed by atoms with van der Waals surface area (Å²) in [6.45, 7) is 14.6. The number of hydrogen-bond acceptors (Lipinski definition) is 5. The first-order chi connectivity index (χ1) is 16.1. The van der Waals surface area contributed by atoms with Crippen molar-refractivity contribution < 1.29 is 24.2 Å². The summed E-state index contributed by atoms with van der Waals surface area (Å²) in [4.78, 5) is 46.2. The minimum absolute atomic E-state index is 0.0139. The molecule has 3 fully saturated rings. The van der Waals surface area contributed by atoms with Crippen LogP contribution in [-0.2, 0) is 19.1 Å². The van der Waals surface area contributed by atoms with Crippen LogP contribution in [0.1, 0.15) is 46.5 Å². The van der Waals surface area contributed by atoms with Gasteiger partial charge in [0.05, 0.1) is 24.0 Å². The van der Waals surface area contributed by atoms with Crippen molar-refractivity contribution in [3.05, 3.63) is 25.3 Å². The third kappa shape index (κ3) is 3.98. The molecule has 190 valence electrons. The van der Waals surface area contributed by atoms with E-state index in [1.165, 1.54) is 4.90 Å². The second kappa shape index (κ2) is 10.2. The molecule has 8 nitrogen and oxygen atoms in total. The lowest BCUT2D eigenvalue weighted by Crippen LogP contribution is -2.57. The average Bonchev–Trinajstić information content (AvgIpc) is 3.30. The zero-order valence-corrected chi connectivity index (χ0v) is 21.2. The molecule has 34 heavy (non-hydrogen) atoms. The summed E-state index contributed by atoms with van der Waals surface area (Å²) < 4.78 is 6.69. The molecule has 6 atom stereocenters. The van der Waals surface area contributed by atoms with Gasteiger partial charge in [-0.3, -0.25) is 14.4 Å². The molecule has 3 aliphatic rings. The molecule has 0 aromatic rings. The monoisotopic (exact) mass is 475 g/mol. The van der Waals surface area contributed by atoms with Gasteiger partial charge in [0.2, 0.25) is 17.7 Å². The molecule has 3 amide bonds. The number of fused-ring (bicyclic) bond motifs is 1. The first kappa shape index (κ1) is 26.4. The van der Waals surface area contributed by atoms with Crippen molar-refractivity contribution in [2.75, 3.05) is 39.8 Å². The molecule has 3 saturated heterocycles. The third-order valence-electron chi connectivity index (χ3n) is 8.13. The molecule has 0 radical (unpaired) electrons. The summed E-state index contributed by atoms with van der Waals surface area (Å²) in [5.41, 5.74) is -1.93. The van der Waals surface area contributed by atoms with E-state index in [2.05, 4.69) is 20.1 Å². The molecule has 1 spiro atoms. The molecule has 3 rings (SSSR count). The zero-order chi connectivity index (χ0) is 25.3. The van der Waals surface area contributed by atoms with E-state index in [9.17, 15) is 19.5 Å². The Balaban J connectivity index is 2.05. The molecule has 0 saturated carbocycles. The maximum atomic E-state index is 14.0. The molecule has 0 aromatic carbocycles. The lowest BCUT2D eigenvalue weighted by Gasteiger charge is -2.38. The van der Waals surface area contributed by atoms with E-state index in [1.807, 2.05) is 13.8 Å². The molecule has 3 aliphatic heterocycles. The number of β-amino-alcohol motifs (C(OH)–C–C–N with tert-alkyl or cyclic N) is 1. The fourth-order valence-electron chi connectivity index (χ4n) is 6.44. The zero-order valence-electron chi connectivity index (χ0n) is 21.2. The van der Waals surface area contributed by atoms with Gasteiger partial charge < -0.3 is 24.5 Å². The average molecular weight is 476 g/mol. The summed E-state index contributed by atoms with van der Waals surface area (Å²) >= 11 is 0. The van der Waals surface area contributed by atoms with Gasteiger partial charge in [-0.25, -0.2) is 0 Å². The Kier molecular flexibility index (Phi) is 7.92. The second-order valence-corrected chi connectivity index (χ2v) is 10.2. The van der Waals surface area contributed by atoms with Crippen LogP contribution in [0, 0.1) is 17.8 Å². The maximum absolute atomic E-state index is 14.0. The molecule has 0 aromatic heterocycles. The summed E-state index contributed by atoms with van der Waals surface area (Å²) in [6, 6.07) is -0.870. The van der Waals surface area contributed by atoms with Gasteiger partial charge in [0.15, 0.2) is 0 Å². The van der Waals surface area contributed by atoms with E-state index in [4.69, 9.17) is 4.74 Å². The Hall–Kier alpha value is -2.19. The highest BCUT2D eigenvalue weighted by molar-refractivity contribution is 5.99. The maximum Gasteiger partial charge on any atom is 0.248 e. The summed E-state index contributed by atoms with van der Waals surface area (Å²) in [5.74, 6) is -2.10. The van der Waals surface area contributed by atoms with Gasteiger partial charge in [-0.1, -0.05) is 38.8 Å². The largest absolute Gasteiger partial charge is 0.395 e. The predicted octanol–water partition coefficient (Wildman–Crippen LogP) is 1.84. The summed E-state index contributed by atoms with van der Waals surface area (Å²) in [7, 11) is 1.70. The van der Waals surface area contributed by atoms with Crippen molar-refractivity contribution in [1.29, 1.82) is 0 Å². The topological polar surface area (TPSA) is 90.4 Å². The molecule has 1 N–H and O–H groups in total. The van der Waals surface area contributed by atoms with E-state index in [0.29, 0.717) is 26.1 Å². The highest BCUT2D eigenvalue weighted by atomic mass is 16.5. The molecular weight excluding hydrogens is 434 g/mol. The summed E-state index contributed by atoms with van der Waals surface area (Å²) in [6.07, 6.45) is 6.75. The van der Waals surface area contributed by atoms with E-state index in [0.717, 1.165) is 19.3 Å². The standard InChI is InChI=1S/C26H41N3O5/c1-7-10-11-14-28(13-9-3)24(33)21-26-17-18(4)25(5,34-26)19(22(31)27(6)12-8-2)20(26)23(32)29(21)15-16-30/h8-9,18-21,30H,2-3,7,10-17H2,1,4-6H3/t18?,19-,20-,21?,25+,26?/m0/s1. The lowest BCUT2D eigenvalue weighted by atomic mass is 9.62. The number of carbonyl (C=O) groups is 3. The van der Waals surface area contributed by atoms with Crippen LogP contribution in [0.3, 0.4) is 0 Å². The Labute approximate surface area is 203 Å². The minimum Gasteiger partial charge on any atom is -0.395 e. The number of ether oxygens (including phenoxy) is 1. The molecule has 3 unspecified atom stereocenters. The van der Waals surface area contributed by atoms with E-state index in [-0.39, 0.29) is 36.8 Å². The van der Waals surface area contributed by atoms with Crippen LogP contribution >= 0.6 is 0 Å². The Morgan fingerprint density at radius 2 is 1.91 bits per heavy atom. The lowest BCUT2D eigenvalue weighted by molar-refractivity contribution is -0.154. The van der Waals surface area contributed by atoms with Gasteiger partial charge in [-0.05, 0) is 25.7 Å². The van der Waals surface area contributed by atoms with Gasteiger partial charge in [0.25, 0.3) is 0 Å². The van der Waals surface area contributed by atoms with Crippen LogP contribution in [-0.4, -0.2) is 94.6 Å². The van der Waals surface area contributed by atoms with Crippen molar-refractivity contribution in [1.82, 2.24) is 14.7 Å². The van der Waals surface area contributed by atoms with E-state index in [1.54, 1.807) is 29.0 Å². The van der Waals surface area contributed by atoms with Crippen LogP contribution in [0.5, 0.6) is 0 Å². The highest BCUT2D eigenvalue weighted by Gasteiger charge is 2.80. The highest BCUT2D eigenvalue weighted by Crippen LogP contribution is 2.65. The fraction of sp³-hybridized carbons (Fsp3) is 0.731. The second-order valence-electron chi connectivity index (χ2n) is 10.2. The van der Waals surface area contributed by atoms with Crippen LogP contribution in [0.2, 0.25) is 0 Å². The number of carbonyl (C=O) groups excluding carboxylic acids is 3. The SMILES string of the molecule is C=CCN(C)C(=O)[C@@H]1[C@H]2C(=O)N(CCO)C(C(=O)N(CC=C)CCCCC)C23CC(C)[C@@]1(C)O3. The Morgan fingerprint density at radius 1 is 1.24 bits per heavy atom.